The van der Waals surface area contributed by atoms with Crippen molar-refractivity contribution in [2.24, 2.45) is 0 Å². The van der Waals surface area contributed by atoms with E-state index in [1.165, 1.54) is 11.0 Å². The van der Waals surface area contributed by atoms with Gasteiger partial charge >= 0.3 is 0 Å². The van der Waals surface area contributed by atoms with Crippen LogP contribution in [0.1, 0.15) is 47.2 Å². The molecular weight excluding hydrogens is 617 g/mol. The van der Waals surface area contributed by atoms with Crippen molar-refractivity contribution in [2.45, 2.75) is 56.7 Å². The SMILES string of the molecule is O=C1N[C@H](C(=O)NCCc2ccccc2F)CC(=O)N2CCC[C@@H]2C(=O)N[C@@H](Cc2ccccc2)C(=O)NCCCOc2ccccc21. The van der Waals surface area contributed by atoms with E-state index in [1.54, 1.807) is 42.5 Å². The molecule has 252 valence electrons. The fourth-order valence-corrected chi connectivity index (χ4v) is 5.92. The van der Waals surface area contributed by atoms with Crippen molar-refractivity contribution in [3.63, 3.8) is 0 Å². The predicted octanol–water partition coefficient (Wildman–Crippen LogP) is 2.29. The Bertz CT molecular complexity index is 1620. The molecule has 0 unspecified atom stereocenters. The van der Waals surface area contributed by atoms with Crippen molar-refractivity contribution in [1.82, 2.24) is 26.2 Å². The van der Waals surface area contributed by atoms with E-state index < -0.39 is 54.0 Å². The number of hydrogen-bond acceptors (Lipinski definition) is 6. The van der Waals surface area contributed by atoms with Crippen LogP contribution in [0.5, 0.6) is 5.75 Å². The van der Waals surface area contributed by atoms with Crippen molar-refractivity contribution in [3.8, 4) is 5.75 Å². The van der Waals surface area contributed by atoms with E-state index in [0.29, 0.717) is 24.8 Å². The molecule has 1 fully saturated rings. The molecule has 1 saturated heterocycles. The number of nitrogens with zero attached hydrogens (tertiary/aromatic N) is 1. The highest BCUT2D eigenvalue weighted by atomic mass is 19.1. The molecule has 5 amide bonds. The average molecular weight is 658 g/mol. The topological polar surface area (TPSA) is 146 Å². The predicted molar refractivity (Wildman–Crippen MR) is 175 cm³/mol. The minimum Gasteiger partial charge on any atom is -0.493 e. The number of fused-ring (bicyclic) bond motifs is 2. The van der Waals surface area contributed by atoms with Crippen molar-refractivity contribution in [2.75, 3.05) is 26.2 Å². The fraction of sp³-hybridized carbons (Fsp3) is 0.361. The smallest absolute Gasteiger partial charge is 0.255 e. The Labute approximate surface area is 278 Å². The number of benzene rings is 3. The summed E-state index contributed by atoms with van der Waals surface area (Å²) >= 11 is 0. The van der Waals surface area contributed by atoms with Gasteiger partial charge in [0.2, 0.25) is 23.6 Å². The van der Waals surface area contributed by atoms with Gasteiger partial charge in [0, 0.05) is 26.1 Å². The van der Waals surface area contributed by atoms with E-state index in [0.717, 1.165) is 5.56 Å². The van der Waals surface area contributed by atoms with Crippen molar-refractivity contribution in [3.05, 3.63) is 101 Å². The second kappa shape index (κ2) is 16.5. The molecule has 0 saturated carbocycles. The zero-order valence-corrected chi connectivity index (χ0v) is 26.6. The van der Waals surface area contributed by atoms with Crippen LogP contribution < -0.4 is 26.0 Å². The number of carbonyl (C=O) groups is 5. The lowest BCUT2D eigenvalue weighted by molar-refractivity contribution is -0.140. The molecule has 0 aliphatic carbocycles. The Morgan fingerprint density at radius 2 is 1.65 bits per heavy atom. The first-order valence-electron chi connectivity index (χ1n) is 16.3. The zero-order chi connectivity index (χ0) is 33.9. The minimum absolute atomic E-state index is 0.0691. The number of hydrogen-bond donors (Lipinski definition) is 4. The van der Waals surface area contributed by atoms with Gasteiger partial charge in [-0.3, -0.25) is 24.0 Å². The minimum atomic E-state index is -1.29. The van der Waals surface area contributed by atoms with Crippen LogP contribution in [0.4, 0.5) is 4.39 Å². The molecule has 0 radical (unpaired) electrons. The number of halogens is 1. The highest BCUT2D eigenvalue weighted by Crippen LogP contribution is 2.22. The summed E-state index contributed by atoms with van der Waals surface area (Å²) in [6.07, 6.45) is 1.40. The number of carbonyl (C=O) groups excluding carboxylic acids is 5. The van der Waals surface area contributed by atoms with E-state index in [1.807, 2.05) is 30.3 Å². The van der Waals surface area contributed by atoms with Gasteiger partial charge in [0.15, 0.2) is 0 Å². The van der Waals surface area contributed by atoms with Crippen LogP contribution in [0.15, 0.2) is 78.9 Å². The molecule has 5 rings (SSSR count). The maximum atomic E-state index is 14.2. The van der Waals surface area contributed by atoms with Crippen LogP contribution in [0.3, 0.4) is 0 Å². The Morgan fingerprint density at radius 1 is 0.896 bits per heavy atom. The second-order valence-corrected chi connectivity index (χ2v) is 11.8. The third-order valence-electron chi connectivity index (χ3n) is 8.45. The van der Waals surface area contributed by atoms with Gasteiger partial charge in [0.1, 0.15) is 29.7 Å². The van der Waals surface area contributed by atoms with Gasteiger partial charge < -0.3 is 30.9 Å². The summed E-state index contributed by atoms with van der Waals surface area (Å²) < 4.78 is 20.0. The Balaban J connectivity index is 1.38. The quantitative estimate of drug-likeness (QED) is 0.320. The maximum absolute atomic E-state index is 14.2. The van der Waals surface area contributed by atoms with Crippen LogP contribution in [0.25, 0.3) is 0 Å². The molecule has 0 spiro atoms. The third-order valence-corrected chi connectivity index (χ3v) is 8.45. The molecule has 3 aromatic carbocycles. The van der Waals surface area contributed by atoms with Crippen molar-refractivity contribution in [1.29, 1.82) is 0 Å². The lowest BCUT2D eigenvalue weighted by Crippen LogP contribution is -2.55. The largest absolute Gasteiger partial charge is 0.493 e. The summed E-state index contributed by atoms with van der Waals surface area (Å²) in [5, 5.41) is 11.1. The maximum Gasteiger partial charge on any atom is 0.255 e. The molecule has 2 aliphatic heterocycles. The molecule has 12 heteroatoms. The third kappa shape index (κ3) is 8.96. The monoisotopic (exact) mass is 657 g/mol. The molecule has 0 aromatic heterocycles. The number of ether oxygens (including phenoxy) is 1. The first-order chi connectivity index (χ1) is 23.3. The number of amides is 5. The number of rotatable bonds is 6. The number of para-hydroxylation sites is 1. The summed E-state index contributed by atoms with van der Waals surface area (Å²) in [6, 6.07) is 19.1. The normalized spacial score (nSPS) is 20.9. The molecule has 0 bridgehead atoms. The van der Waals surface area contributed by atoms with Gasteiger partial charge in [-0.05, 0) is 55.0 Å². The summed E-state index contributed by atoms with van der Waals surface area (Å²) in [4.78, 5) is 69.0. The van der Waals surface area contributed by atoms with E-state index in [9.17, 15) is 28.4 Å². The lowest BCUT2D eigenvalue weighted by Gasteiger charge is -2.28. The first-order valence-corrected chi connectivity index (χ1v) is 16.3. The van der Waals surface area contributed by atoms with Gasteiger partial charge in [-0.1, -0.05) is 60.7 Å². The standard InChI is InChI=1S/C36H40FN5O6/c37-27-14-6-4-12-25(27)17-19-39-35(46)29-23-32(43)42-20-8-15-30(42)36(47)41-28(22-24-10-2-1-3-11-24)34(45)38-18-9-21-48-31-16-7-5-13-26(31)33(44)40-29/h1-7,10-14,16,28-30H,8-9,15,17-23H2,(H,38,45)(H,39,46)(H,40,44)(H,41,47)/t28-,29-,30+/m0/s1. The van der Waals surface area contributed by atoms with Crippen LogP contribution in [0, 0.1) is 5.82 Å². The van der Waals surface area contributed by atoms with E-state index >= 15 is 0 Å². The number of nitrogens with one attached hydrogen (secondary N) is 4. The van der Waals surface area contributed by atoms with Gasteiger partial charge in [0.25, 0.3) is 5.91 Å². The Kier molecular flexibility index (Phi) is 11.7. The summed E-state index contributed by atoms with van der Waals surface area (Å²) in [6.45, 7) is 0.783. The van der Waals surface area contributed by atoms with Crippen LogP contribution >= 0.6 is 0 Å². The Morgan fingerprint density at radius 3 is 2.46 bits per heavy atom. The molecule has 2 aliphatic rings. The highest BCUT2D eigenvalue weighted by molar-refractivity contribution is 6.01. The zero-order valence-electron chi connectivity index (χ0n) is 26.6. The highest BCUT2D eigenvalue weighted by Gasteiger charge is 2.38. The van der Waals surface area contributed by atoms with Crippen molar-refractivity contribution >= 4 is 29.5 Å². The van der Waals surface area contributed by atoms with Gasteiger partial charge in [-0.25, -0.2) is 4.39 Å². The van der Waals surface area contributed by atoms with Crippen LogP contribution in [-0.4, -0.2) is 78.8 Å². The first kappa shape index (κ1) is 34.1. The second-order valence-electron chi connectivity index (χ2n) is 11.8. The molecule has 48 heavy (non-hydrogen) atoms. The average Bonchev–Trinajstić information content (AvgIpc) is 3.59. The van der Waals surface area contributed by atoms with Crippen molar-refractivity contribution < 1.29 is 33.1 Å². The van der Waals surface area contributed by atoms with Gasteiger partial charge in [-0.2, -0.15) is 0 Å². The van der Waals surface area contributed by atoms with Crippen LogP contribution in [0.2, 0.25) is 0 Å². The summed E-state index contributed by atoms with van der Waals surface area (Å²) in [5.41, 5.74) is 1.44. The van der Waals surface area contributed by atoms with E-state index in [2.05, 4.69) is 21.3 Å². The van der Waals surface area contributed by atoms with E-state index in [4.69, 9.17) is 4.74 Å². The van der Waals surface area contributed by atoms with Gasteiger partial charge in [0.05, 0.1) is 18.6 Å². The molecule has 11 nitrogen and oxygen atoms in total. The molecule has 2 heterocycles. The molecule has 3 aromatic rings. The lowest BCUT2D eigenvalue weighted by atomic mass is 10.0. The molecule has 4 N–H and O–H groups in total. The Hall–Kier alpha value is -5.26. The fourth-order valence-electron chi connectivity index (χ4n) is 5.92. The van der Waals surface area contributed by atoms with Crippen LogP contribution in [-0.2, 0) is 32.0 Å². The molecule has 3 atom stereocenters. The van der Waals surface area contributed by atoms with E-state index in [-0.39, 0.29) is 56.3 Å². The summed E-state index contributed by atoms with van der Waals surface area (Å²) in [5.74, 6) is -2.70. The van der Waals surface area contributed by atoms with Gasteiger partial charge in [-0.15, -0.1) is 0 Å². The summed E-state index contributed by atoms with van der Waals surface area (Å²) in [7, 11) is 0. The molecular formula is C36H40FN5O6.